The minimum Gasteiger partial charge on any atom is -0.369 e. The number of nitrogens with zero attached hydrogens (tertiary/aromatic N) is 5. The lowest BCUT2D eigenvalue weighted by atomic mass is 10.3. The van der Waals surface area contributed by atoms with Crippen molar-refractivity contribution in [3.63, 3.8) is 0 Å². The third kappa shape index (κ3) is 2.86. The molecule has 3 aromatic heterocycles. The highest BCUT2D eigenvalue weighted by Gasteiger charge is 2.11. The quantitative estimate of drug-likeness (QED) is 0.720. The van der Waals surface area contributed by atoms with Gasteiger partial charge in [0.15, 0.2) is 5.65 Å². The van der Waals surface area contributed by atoms with Crippen molar-refractivity contribution in [1.82, 2.24) is 29.7 Å². The van der Waals surface area contributed by atoms with E-state index in [4.69, 9.17) is 0 Å². The summed E-state index contributed by atoms with van der Waals surface area (Å²) in [6.07, 6.45) is 8.11. The molecule has 110 valence electrons. The molecule has 0 radical (unpaired) electrons. The van der Waals surface area contributed by atoms with E-state index in [2.05, 4.69) is 37.3 Å². The van der Waals surface area contributed by atoms with Gasteiger partial charge in [0.25, 0.3) is 0 Å². The maximum atomic E-state index is 4.62. The first-order valence-electron chi connectivity index (χ1n) is 7.18. The van der Waals surface area contributed by atoms with Crippen LogP contribution in [0.15, 0.2) is 18.6 Å². The molecule has 2 N–H and O–H groups in total. The van der Waals surface area contributed by atoms with Crippen LogP contribution < -0.4 is 5.32 Å². The zero-order valence-corrected chi connectivity index (χ0v) is 12.3. The summed E-state index contributed by atoms with van der Waals surface area (Å²) < 4.78 is 1.79. The summed E-state index contributed by atoms with van der Waals surface area (Å²) >= 11 is 0. The molecule has 0 aliphatic carbocycles. The van der Waals surface area contributed by atoms with Gasteiger partial charge in [-0.15, -0.1) is 0 Å². The van der Waals surface area contributed by atoms with Gasteiger partial charge >= 0.3 is 0 Å². The highest BCUT2D eigenvalue weighted by atomic mass is 15.3. The van der Waals surface area contributed by atoms with E-state index < -0.39 is 0 Å². The molecule has 0 unspecified atom stereocenters. The molecule has 0 fully saturated rings. The fourth-order valence-electron chi connectivity index (χ4n) is 2.27. The molecular weight excluding hydrogens is 266 g/mol. The zero-order valence-electron chi connectivity index (χ0n) is 12.3. The SMILES string of the molecule is CCCc1nc(NCCc2ncc[nH]2)c2cnn(C)c2n1. The fourth-order valence-corrected chi connectivity index (χ4v) is 2.27. The minimum atomic E-state index is 0.764. The highest BCUT2D eigenvalue weighted by Crippen LogP contribution is 2.19. The van der Waals surface area contributed by atoms with Crippen LogP contribution in [0.5, 0.6) is 0 Å². The molecule has 3 heterocycles. The summed E-state index contributed by atoms with van der Waals surface area (Å²) in [6.45, 7) is 2.89. The normalized spacial score (nSPS) is 11.1. The number of hydrogen-bond acceptors (Lipinski definition) is 5. The lowest BCUT2D eigenvalue weighted by Gasteiger charge is -2.08. The number of aryl methyl sites for hydroxylation is 2. The van der Waals surface area contributed by atoms with Gasteiger partial charge in [-0.05, 0) is 6.42 Å². The fraction of sp³-hybridized carbons (Fsp3) is 0.429. The van der Waals surface area contributed by atoms with Crippen molar-refractivity contribution < 1.29 is 0 Å². The predicted octanol–water partition coefficient (Wildman–Crippen LogP) is 1.69. The van der Waals surface area contributed by atoms with E-state index in [0.717, 1.165) is 54.3 Å². The number of rotatable bonds is 6. The standard InChI is InChI=1S/C14H19N7/c1-3-4-12-19-13(10-9-18-21(2)14(10)20-12)17-6-5-11-15-7-8-16-11/h7-9H,3-6H2,1-2H3,(H,15,16)(H,17,19,20). The molecule has 7 heteroatoms. The Bertz CT molecular complexity index is 714. The number of imidazole rings is 1. The molecule has 0 saturated carbocycles. The van der Waals surface area contributed by atoms with Crippen LogP contribution in [0.4, 0.5) is 5.82 Å². The van der Waals surface area contributed by atoms with Crippen LogP contribution in [-0.2, 0) is 19.9 Å². The second kappa shape index (κ2) is 5.90. The number of H-pyrrole nitrogens is 1. The topological polar surface area (TPSA) is 84.3 Å². The van der Waals surface area contributed by atoms with E-state index in [1.807, 2.05) is 13.2 Å². The van der Waals surface area contributed by atoms with Crippen LogP contribution in [0.25, 0.3) is 11.0 Å². The molecule has 0 bridgehead atoms. The number of fused-ring (bicyclic) bond motifs is 1. The third-order valence-electron chi connectivity index (χ3n) is 3.32. The Kier molecular flexibility index (Phi) is 3.81. The van der Waals surface area contributed by atoms with E-state index in [0.29, 0.717) is 0 Å². The molecule has 7 nitrogen and oxygen atoms in total. The second-order valence-electron chi connectivity index (χ2n) is 4.96. The van der Waals surface area contributed by atoms with E-state index in [9.17, 15) is 0 Å². The molecule has 0 spiro atoms. The number of anilines is 1. The maximum absolute atomic E-state index is 4.62. The van der Waals surface area contributed by atoms with Crippen LogP contribution in [0, 0.1) is 0 Å². The average molecular weight is 285 g/mol. The molecule has 3 rings (SSSR count). The Morgan fingerprint density at radius 1 is 1.29 bits per heavy atom. The smallest absolute Gasteiger partial charge is 0.163 e. The average Bonchev–Trinajstić information content (AvgIpc) is 3.10. The van der Waals surface area contributed by atoms with Gasteiger partial charge in [0.05, 0.1) is 11.6 Å². The lowest BCUT2D eigenvalue weighted by molar-refractivity contribution is 0.772. The van der Waals surface area contributed by atoms with Gasteiger partial charge < -0.3 is 10.3 Å². The molecule has 0 saturated heterocycles. The van der Waals surface area contributed by atoms with Gasteiger partial charge in [0.1, 0.15) is 17.5 Å². The van der Waals surface area contributed by atoms with Gasteiger partial charge in [-0.25, -0.2) is 15.0 Å². The van der Waals surface area contributed by atoms with Crippen LogP contribution >= 0.6 is 0 Å². The molecule has 0 aromatic carbocycles. The Balaban J connectivity index is 1.82. The highest BCUT2D eigenvalue weighted by molar-refractivity contribution is 5.86. The summed E-state index contributed by atoms with van der Waals surface area (Å²) in [7, 11) is 1.90. The van der Waals surface area contributed by atoms with Gasteiger partial charge in [-0.2, -0.15) is 5.10 Å². The first-order chi connectivity index (χ1) is 10.3. The summed E-state index contributed by atoms with van der Waals surface area (Å²) in [5.41, 5.74) is 0.869. The first kappa shape index (κ1) is 13.5. The van der Waals surface area contributed by atoms with Crippen LogP contribution in [0.3, 0.4) is 0 Å². The summed E-state index contributed by atoms with van der Waals surface area (Å²) in [5.74, 6) is 2.67. The van der Waals surface area contributed by atoms with Crippen LogP contribution in [0.1, 0.15) is 25.0 Å². The Morgan fingerprint density at radius 2 is 2.19 bits per heavy atom. The molecule has 0 atom stereocenters. The molecule has 0 aliphatic heterocycles. The number of nitrogens with one attached hydrogen (secondary N) is 2. The maximum Gasteiger partial charge on any atom is 0.163 e. The minimum absolute atomic E-state index is 0.764. The Labute approximate surface area is 122 Å². The van der Waals surface area contributed by atoms with Gasteiger partial charge in [0.2, 0.25) is 0 Å². The van der Waals surface area contributed by atoms with Crippen LogP contribution in [-0.4, -0.2) is 36.3 Å². The number of aromatic amines is 1. The largest absolute Gasteiger partial charge is 0.369 e. The summed E-state index contributed by atoms with van der Waals surface area (Å²) in [6, 6.07) is 0. The van der Waals surface area contributed by atoms with E-state index in [1.54, 1.807) is 17.1 Å². The molecule has 0 aliphatic rings. The summed E-state index contributed by atoms with van der Waals surface area (Å²) in [5, 5.41) is 8.60. The van der Waals surface area contributed by atoms with Crippen molar-refractivity contribution in [3.05, 3.63) is 30.2 Å². The van der Waals surface area contributed by atoms with Crippen molar-refractivity contribution in [2.24, 2.45) is 7.05 Å². The van der Waals surface area contributed by atoms with Gasteiger partial charge in [0, 0.05) is 38.8 Å². The van der Waals surface area contributed by atoms with Crippen molar-refractivity contribution in [1.29, 1.82) is 0 Å². The number of hydrogen-bond donors (Lipinski definition) is 2. The third-order valence-corrected chi connectivity index (χ3v) is 3.32. The molecule has 21 heavy (non-hydrogen) atoms. The molecule has 3 aromatic rings. The van der Waals surface area contributed by atoms with Crippen LogP contribution in [0.2, 0.25) is 0 Å². The van der Waals surface area contributed by atoms with Crippen molar-refractivity contribution in [3.8, 4) is 0 Å². The second-order valence-corrected chi connectivity index (χ2v) is 4.96. The zero-order chi connectivity index (χ0) is 14.7. The van der Waals surface area contributed by atoms with E-state index in [1.165, 1.54) is 0 Å². The predicted molar refractivity (Wildman–Crippen MR) is 81.1 cm³/mol. The Hall–Kier alpha value is -2.44. The van der Waals surface area contributed by atoms with E-state index in [-0.39, 0.29) is 0 Å². The van der Waals surface area contributed by atoms with Crippen molar-refractivity contribution in [2.75, 3.05) is 11.9 Å². The summed E-state index contributed by atoms with van der Waals surface area (Å²) in [4.78, 5) is 16.5. The van der Waals surface area contributed by atoms with E-state index >= 15 is 0 Å². The molecular formula is C14H19N7. The van der Waals surface area contributed by atoms with Gasteiger partial charge in [-0.1, -0.05) is 6.92 Å². The monoisotopic (exact) mass is 285 g/mol. The van der Waals surface area contributed by atoms with Gasteiger partial charge in [-0.3, -0.25) is 4.68 Å². The van der Waals surface area contributed by atoms with Crippen molar-refractivity contribution >= 4 is 16.9 Å². The first-order valence-corrected chi connectivity index (χ1v) is 7.18. The molecule has 0 amide bonds. The number of aromatic nitrogens is 6. The van der Waals surface area contributed by atoms with Crippen molar-refractivity contribution in [2.45, 2.75) is 26.2 Å². The lowest BCUT2D eigenvalue weighted by Crippen LogP contribution is -2.10. The Morgan fingerprint density at radius 3 is 2.95 bits per heavy atom.